The Balaban J connectivity index is 3.76. The quantitative estimate of drug-likeness (QED) is 0.483. The molecular weight excluding hydrogens is 156 g/mol. The molecule has 0 rings (SSSR count). The molecule has 0 radical (unpaired) electrons. The summed E-state index contributed by atoms with van der Waals surface area (Å²) in [6, 6.07) is 0. The number of rotatable bonds is 4. The summed E-state index contributed by atoms with van der Waals surface area (Å²) in [4.78, 5) is 10.9. The minimum absolute atomic E-state index is 0.395. The van der Waals surface area contributed by atoms with E-state index in [2.05, 4.69) is 6.58 Å². The fourth-order valence-electron chi connectivity index (χ4n) is 0.471. The van der Waals surface area contributed by atoms with Crippen molar-refractivity contribution in [3.63, 3.8) is 0 Å². The van der Waals surface area contributed by atoms with Gasteiger partial charge in [0.1, 0.15) is 5.60 Å². The molecule has 0 heterocycles. The number of hydrogen-bond donors (Lipinski definition) is 0. The molecule has 3 nitrogen and oxygen atoms in total. The molecule has 0 aliphatic rings. The van der Waals surface area contributed by atoms with Crippen LogP contribution in [0.2, 0.25) is 0 Å². The molecule has 0 aliphatic carbocycles. The maximum Gasteiger partial charge on any atom is 0.509 e. The Hall–Kier alpha value is -0.990. The lowest BCUT2D eigenvalue weighted by Crippen LogP contribution is -2.25. The second kappa shape index (κ2) is 4.80. The van der Waals surface area contributed by atoms with Crippen molar-refractivity contribution in [3.8, 4) is 0 Å². The Bertz CT molecular complexity index is 161. The smallest absolute Gasteiger partial charge is 0.434 e. The minimum Gasteiger partial charge on any atom is -0.434 e. The van der Waals surface area contributed by atoms with E-state index in [1.165, 1.54) is 0 Å². The molecule has 0 unspecified atom stereocenters. The van der Waals surface area contributed by atoms with E-state index < -0.39 is 11.8 Å². The maximum absolute atomic E-state index is 10.9. The van der Waals surface area contributed by atoms with Crippen LogP contribution in [0.3, 0.4) is 0 Å². The van der Waals surface area contributed by atoms with Gasteiger partial charge in [0, 0.05) is 0 Å². The highest BCUT2D eigenvalue weighted by molar-refractivity contribution is 5.60. The van der Waals surface area contributed by atoms with Crippen molar-refractivity contribution in [2.24, 2.45) is 0 Å². The van der Waals surface area contributed by atoms with E-state index in [1.54, 1.807) is 19.9 Å². The highest BCUT2D eigenvalue weighted by atomic mass is 16.7. The average Bonchev–Trinajstić information content (AvgIpc) is 2.00. The second-order valence-electron chi connectivity index (χ2n) is 3.01. The van der Waals surface area contributed by atoms with E-state index in [9.17, 15) is 4.79 Å². The summed E-state index contributed by atoms with van der Waals surface area (Å²) in [7, 11) is 0. The topological polar surface area (TPSA) is 35.5 Å². The van der Waals surface area contributed by atoms with Gasteiger partial charge in [0.05, 0.1) is 6.61 Å². The molecule has 0 aliphatic heterocycles. The molecule has 0 aromatic heterocycles. The van der Waals surface area contributed by atoms with Gasteiger partial charge < -0.3 is 9.47 Å². The lowest BCUT2D eigenvalue weighted by Gasteiger charge is -2.19. The molecule has 0 aromatic rings. The fourth-order valence-corrected chi connectivity index (χ4v) is 0.471. The first-order valence-corrected chi connectivity index (χ1v) is 4.01. The van der Waals surface area contributed by atoms with Crippen LogP contribution in [0.5, 0.6) is 0 Å². The van der Waals surface area contributed by atoms with Crippen molar-refractivity contribution in [1.29, 1.82) is 0 Å². The predicted octanol–water partition coefficient (Wildman–Crippen LogP) is 2.51. The van der Waals surface area contributed by atoms with Gasteiger partial charge in [0.25, 0.3) is 0 Å². The lowest BCUT2D eigenvalue weighted by atomic mass is 10.1. The zero-order valence-corrected chi connectivity index (χ0v) is 7.92. The van der Waals surface area contributed by atoms with Crippen LogP contribution in [0.4, 0.5) is 4.79 Å². The van der Waals surface area contributed by atoms with Gasteiger partial charge in [-0.05, 0) is 26.3 Å². The molecule has 0 aromatic carbocycles. The summed E-state index contributed by atoms with van der Waals surface area (Å²) >= 11 is 0. The van der Waals surface area contributed by atoms with Gasteiger partial charge >= 0.3 is 6.16 Å². The molecule has 70 valence electrons. The highest BCUT2D eigenvalue weighted by Gasteiger charge is 2.18. The van der Waals surface area contributed by atoms with E-state index >= 15 is 0 Å². The van der Waals surface area contributed by atoms with Gasteiger partial charge in [-0.25, -0.2) is 4.79 Å². The van der Waals surface area contributed by atoms with Gasteiger partial charge in [-0.1, -0.05) is 13.5 Å². The number of carbonyl (C=O) groups is 1. The fraction of sp³-hybridized carbons (Fsp3) is 0.667. The van der Waals surface area contributed by atoms with Gasteiger partial charge in [0.15, 0.2) is 0 Å². The third-order valence-electron chi connectivity index (χ3n) is 1.26. The SMILES string of the molecule is C=CC(C)(C)OC(=O)OCCC. The third kappa shape index (κ3) is 4.77. The molecule has 0 fully saturated rings. The Labute approximate surface area is 73.4 Å². The molecule has 0 spiro atoms. The lowest BCUT2D eigenvalue weighted by molar-refractivity contribution is 0.00608. The Morgan fingerprint density at radius 3 is 2.58 bits per heavy atom. The van der Waals surface area contributed by atoms with Crippen molar-refractivity contribution in [2.45, 2.75) is 32.8 Å². The van der Waals surface area contributed by atoms with E-state index in [1.807, 2.05) is 6.92 Å². The monoisotopic (exact) mass is 172 g/mol. The van der Waals surface area contributed by atoms with Crippen LogP contribution in [-0.2, 0) is 9.47 Å². The summed E-state index contributed by atoms with van der Waals surface area (Å²) in [5, 5.41) is 0. The molecule has 3 heteroatoms. The zero-order chi connectivity index (χ0) is 9.61. The Morgan fingerprint density at radius 2 is 2.17 bits per heavy atom. The van der Waals surface area contributed by atoms with E-state index in [-0.39, 0.29) is 0 Å². The van der Waals surface area contributed by atoms with Crippen molar-refractivity contribution >= 4 is 6.16 Å². The van der Waals surface area contributed by atoms with Crippen LogP contribution in [0.1, 0.15) is 27.2 Å². The minimum atomic E-state index is -0.648. The second-order valence-corrected chi connectivity index (χ2v) is 3.01. The maximum atomic E-state index is 10.9. The van der Waals surface area contributed by atoms with Crippen LogP contribution in [-0.4, -0.2) is 18.4 Å². The van der Waals surface area contributed by atoms with Crippen LogP contribution in [0.25, 0.3) is 0 Å². The van der Waals surface area contributed by atoms with E-state index in [4.69, 9.17) is 9.47 Å². The molecule has 0 saturated heterocycles. The number of hydrogen-bond acceptors (Lipinski definition) is 3. The van der Waals surface area contributed by atoms with Gasteiger partial charge in [-0.2, -0.15) is 0 Å². The first-order valence-electron chi connectivity index (χ1n) is 4.01. The molecule has 0 N–H and O–H groups in total. The van der Waals surface area contributed by atoms with E-state index in [0.29, 0.717) is 6.61 Å². The van der Waals surface area contributed by atoms with Gasteiger partial charge in [0.2, 0.25) is 0 Å². The van der Waals surface area contributed by atoms with Crippen LogP contribution < -0.4 is 0 Å². The largest absolute Gasteiger partial charge is 0.509 e. The zero-order valence-electron chi connectivity index (χ0n) is 7.92. The van der Waals surface area contributed by atoms with Gasteiger partial charge in [-0.15, -0.1) is 0 Å². The summed E-state index contributed by atoms with van der Waals surface area (Å²) in [6.45, 7) is 9.34. The van der Waals surface area contributed by atoms with Gasteiger partial charge in [-0.3, -0.25) is 0 Å². The summed E-state index contributed by atoms with van der Waals surface area (Å²) in [6.07, 6.45) is 1.71. The third-order valence-corrected chi connectivity index (χ3v) is 1.26. The molecule has 0 atom stereocenters. The predicted molar refractivity (Wildman–Crippen MR) is 47.0 cm³/mol. The van der Waals surface area contributed by atoms with Crippen molar-refractivity contribution < 1.29 is 14.3 Å². The summed E-state index contributed by atoms with van der Waals surface area (Å²) in [5.74, 6) is 0. The highest BCUT2D eigenvalue weighted by Crippen LogP contribution is 2.10. The molecule has 0 saturated carbocycles. The Morgan fingerprint density at radius 1 is 1.58 bits per heavy atom. The average molecular weight is 172 g/mol. The number of carbonyl (C=O) groups excluding carboxylic acids is 1. The molecule has 0 amide bonds. The standard InChI is InChI=1S/C9H16O3/c1-5-7-11-8(10)12-9(3,4)6-2/h6H,2,5,7H2,1,3-4H3. The van der Waals surface area contributed by atoms with Crippen molar-refractivity contribution in [3.05, 3.63) is 12.7 Å². The normalized spacial score (nSPS) is 10.6. The Kier molecular flexibility index (Phi) is 4.40. The molecular formula is C9H16O3. The first-order chi connectivity index (χ1) is 5.52. The van der Waals surface area contributed by atoms with Crippen LogP contribution >= 0.6 is 0 Å². The first kappa shape index (κ1) is 11.0. The van der Waals surface area contributed by atoms with E-state index in [0.717, 1.165) is 6.42 Å². The van der Waals surface area contributed by atoms with Crippen LogP contribution in [0, 0.1) is 0 Å². The van der Waals surface area contributed by atoms with Crippen molar-refractivity contribution in [2.75, 3.05) is 6.61 Å². The molecule has 12 heavy (non-hydrogen) atoms. The van der Waals surface area contributed by atoms with Crippen LogP contribution in [0.15, 0.2) is 12.7 Å². The number of ether oxygens (including phenoxy) is 2. The van der Waals surface area contributed by atoms with Crippen molar-refractivity contribution in [1.82, 2.24) is 0 Å². The molecule has 0 bridgehead atoms. The summed E-state index contributed by atoms with van der Waals surface area (Å²) < 4.78 is 9.63. The summed E-state index contributed by atoms with van der Waals surface area (Å²) in [5.41, 5.74) is -0.648.